The minimum atomic E-state index is -0.558. The van der Waals surface area contributed by atoms with Gasteiger partial charge in [0.25, 0.3) is 0 Å². The van der Waals surface area contributed by atoms with Crippen molar-refractivity contribution >= 4 is 18.1 Å². The first kappa shape index (κ1) is 31.4. The van der Waals surface area contributed by atoms with E-state index in [1.165, 1.54) is 0 Å². The van der Waals surface area contributed by atoms with Gasteiger partial charge in [0, 0.05) is 31.1 Å². The average molecular weight is 617 g/mol. The molecule has 0 saturated carbocycles. The fourth-order valence-corrected chi connectivity index (χ4v) is 1.66. The number of alkyl carbamates (subject to hydrolysis) is 1. The van der Waals surface area contributed by atoms with Crippen molar-refractivity contribution in [3.8, 4) is 0 Å². The first-order valence-corrected chi connectivity index (χ1v) is 9.40. The van der Waals surface area contributed by atoms with Gasteiger partial charge in [0.05, 0.1) is 6.61 Å². The topological polar surface area (TPSA) is 83.8 Å². The van der Waals surface area contributed by atoms with E-state index in [4.69, 9.17) is 14.9 Å². The van der Waals surface area contributed by atoms with Gasteiger partial charge in [-0.2, -0.15) is 6.21 Å². The molecule has 0 rings (SSSR count). The van der Waals surface area contributed by atoms with Gasteiger partial charge in [0.2, 0.25) is 0 Å². The van der Waals surface area contributed by atoms with Gasteiger partial charge in [-0.1, -0.05) is 38.5 Å². The van der Waals surface area contributed by atoms with Crippen molar-refractivity contribution < 1.29 is 45.4 Å². The summed E-state index contributed by atoms with van der Waals surface area (Å²) >= 11 is 0. The number of rotatable bonds is 8. The Morgan fingerprint density at radius 3 is 2.32 bits per heavy atom. The molecule has 0 unspecified atom stereocenters. The van der Waals surface area contributed by atoms with Gasteiger partial charge in [0.1, 0.15) is 11.4 Å². The summed E-state index contributed by atoms with van der Waals surface area (Å²) in [4.78, 5) is 15.5. The molecule has 0 fully saturated rings. The van der Waals surface area contributed by atoms with Crippen molar-refractivity contribution in [1.82, 2.24) is 5.32 Å². The van der Waals surface area contributed by atoms with Gasteiger partial charge >= 0.3 is 6.09 Å². The largest absolute Gasteiger partial charge is 0.494 e. The zero-order chi connectivity index (χ0) is 21.3. The Labute approximate surface area is 194 Å². The number of allylic oxidation sites excluding steroid dienone is 3. The molecule has 0 aromatic heterocycles. The number of aliphatic imine (C=N–C) groups is 1. The Bertz CT molecular complexity index is 560. The second kappa shape index (κ2) is 19.0. The molecule has 0 heterocycles. The number of ether oxygens (including phenoxy) is 2. The van der Waals surface area contributed by atoms with E-state index in [1.54, 1.807) is 32.9 Å². The van der Waals surface area contributed by atoms with Gasteiger partial charge in [0.15, 0.2) is 0 Å². The average Bonchev–Trinajstić information content (AvgIpc) is 2.59. The minimum absolute atomic E-state index is 0. The van der Waals surface area contributed by atoms with Crippen LogP contribution in [0.2, 0.25) is 0 Å². The van der Waals surface area contributed by atoms with Crippen molar-refractivity contribution in [2.45, 2.75) is 67.4 Å². The van der Waals surface area contributed by atoms with Gasteiger partial charge in [-0.15, -0.1) is 0 Å². The van der Waals surface area contributed by atoms with Gasteiger partial charge in [-0.3, -0.25) is 0 Å². The molecule has 158 valence electrons. The van der Waals surface area contributed by atoms with Crippen LogP contribution in [0, 0.1) is 36.5 Å². The molecular formula is C21H36N3O3U-. The van der Waals surface area contributed by atoms with Crippen LogP contribution in [0.5, 0.6) is 0 Å². The maximum Gasteiger partial charge on any atom is 0.406 e. The van der Waals surface area contributed by atoms with Crippen LogP contribution >= 0.6 is 0 Å². The minimum Gasteiger partial charge on any atom is -0.494 e. The van der Waals surface area contributed by atoms with Crippen LogP contribution in [-0.4, -0.2) is 36.9 Å². The van der Waals surface area contributed by atoms with Crippen LogP contribution in [-0.2, 0) is 9.47 Å². The summed E-state index contributed by atoms with van der Waals surface area (Å²) in [5, 5.41) is 10.6. The molecule has 0 aromatic carbocycles. The summed E-state index contributed by atoms with van der Waals surface area (Å²) in [6.45, 7) is 15.8. The van der Waals surface area contributed by atoms with E-state index in [1.807, 2.05) is 46.8 Å². The molecule has 6 nitrogen and oxygen atoms in total. The molecule has 1 amide bonds. The van der Waals surface area contributed by atoms with E-state index in [9.17, 15) is 4.79 Å². The summed E-state index contributed by atoms with van der Waals surface area (Å²) < 4.78 is 10.6. The molecule has 0 radical (unpaired) electrons. The maximum absolute atomic E-state index is 11.5. The monoisotopic (exact) mass is 616 g/mol. The molecule has 28 heavy (non-hydrogen) atoms. The molecule has 7 heteroatoms. The zero-order valence-electron chi connectivity index (χ0n) is 18.6. The first-order chi connectivity index (χ1) is 12.7. The van der Waals surface area contributed by atoms with Crippen molar-refractivity contribution in [3.05, 3.63) is 35.6 Å². The molecule has 2 N–H and O–H groups in total. The van der Waals surface area contributed by atoms with Crippen molar-refractivity contribution in [3.63, 3.8) is 0 Å². The number of amides is 1. The molecular weight excluding hydrogens is 580 g/mol. The molecule has 0 bridgehead atoms. The van der Waals surface area contributed by atoms with Crippen LogP contribution < -0.4 is 5.32 Å². The molecule has 0 aliphatic heterocycles. The zero-order valence-corrected chi connectivity index (χ0v) is 22.8. The van der Waals surface area contributed by atoms with Crippen molar-refractivity contribution in [2.75, 3.05) is 13.2 Å². The van der Waals surface area contributed by atoms with Crippen LogP contribution in [0.15, 0.2) is 40.6 Å². The van der Waals surface area contributed by atoms with E-state index in [0.717, 1.165) is 6.42 Å². The Balaban J connectivity index is -0.00000201. The normalized spacial score (nSPS) is 12.1. The third kappa shape index (κ3) is 18.1. The molecule has 0 spiro atoms. The third-order valence-electron chi connectivity index (χ3n) is 2.54. The van der Waals surface area contributed by atoms with Crippen LogP contribution in [0.3, 0.4) is 0 Å². The quantitative estimate of drug-likeness (QED) is 0.128. The van der Waals surface area contributed by atoms with Crippen molar-refractivity contribution in [1.29, 1.82) is 5.41 Å². The van der Waals surface area contributed by atoms with E-state index in [-0.39, 0.29) is 43.5 Å². The summed E-state index contributed by atoms with van der Waals surface area (Å²) in [6.07, 6.45) is 10.2. The van der Waals surface area contributed by atoms with E-state index < -0.39 is 11.7 Å². The van der Waals surface area contributed by atoms with Gasteiger partial charge in [-0.25, -0.2) is 4.79 Å². The standard InChI is InChI=1S/C19H30N3O3.C2H6.U/c1-7-10-15(14-16(11-8-2)24-9-3)17(20)21-12-13-22-18(23)25-19(4,5)6;1-2;/h7,10-11,14,20H,8-9,13H2,1-6H3,(H,22,23);1-2H3;/q-1;;/b10-7-,15-14+,16-11-,20-17?;;. The predicted molar refractivity (Wildman–Crippen MR) is 114 cm³/mol. The third-order valence-corrected chi connectivity index (χ3v) is 2.54. The van der Waals surface area contributed by atoms with Gasteiger partial charge in [-0.05, 0) is 65.6 Å². The SMILES string of the molecule is CC.C\C=C/C(=C\C(=C\CC)OCC)C(=N)N=[C-]CNC(=O)OC(C)(C)C.[U]. The molecule has 0 saturated heterocycles. The maximum atomic E-state index is 11.5. The summed E-state index contributed by atoms with van der Waals surface area (Å²) in [7, 11) is 0. The fraction of sp³-hybridized carbons (Fsp3) is 0.571. The Morgan fingerprint density at radius 1 is 1.25 bits per heavy atom. The second-order valence-corrected chi connectivity index (χ2v) is 6.02. The van der Waals surface area contributed by atoms with E-state index in [0.29, 0.717) is 17.9 Å². The number of nitrogens with zero attached hydrogens (tertiary/aromatic N) is 1. The molecule has 0 atom stereocenters. The Morgan fingerprint density at radius 2 is 1.86 bits per heavy atom. The summed E-state index contributed by atoms with van der Waals surface area (Å²) in [5.41, 5.74) is 0.0391. The Hall–Kier alpha value is -1.32. The number of nitrogens with one attached hydrogen (secondary N) is 2. The van der Waals surface area contributed by atoms with Crippen molar-refractivity contribution in [2.24, 2.45) is 4.99 Å². The number of hydrogen-bond acceptors (Lipinski definition) is 4. The van der Waals surface area contributed by atoms with E-state index >= 15 is 0 Å². The summed E-state index contributed by atoms with van der Waals surface area (Å²) in [5.74, 6) is 0.732. The number of amidine groups is 1. The molecule has 0 aliphatic carbocycles. The predicted octanol–water partition coefficient (Wildman–Crippen LogP) is 5.30. The molecule has 0 aliphatic rings. The van der Waals surface area contributed by atoms with Crippen LogP contribution in [0.4, 0.5) is 4.79 Å². The number of carbonyl (C=O) groups is 1. The first-order valence-electron chi connectivity index (χ1n) is 9.40. The number of hydrogen-bond donors (Lipinski definition) is 2. The Kier molecular flexibility index (Phi) is 21.3. The number of carbonyl (C=O) groups excluding carboxylic acids is 1. The van der Waals surface area contributed by atoms with Crippen LogP contribution in [0.25, 0.3) is 0 Å². The second-order valence-electron chi connectivity index (χ2n) is 6.02. The fourth-order valence-electron chi connectivity index (χ4n) is 1.66. The van der Waals surface area contributed by atoms with Crippen LogP contribution in [0.1, 0.15) is 61.8 Å². The van der Waals surface area contributed by atoms with Gasteiger partial charge < -0.3 is 25.2 Å². The summed E-state index contributed by atoms with van der Waals surface area (Å²) in [6, 6.07) is 0. The molecule has 0 aromatic rings. The smallest absolute Gasteiger partial charge is 0.406 e. The van der Waals surface area contributed by atoms with E-state index in [2.05, 4.69) is 16.5 Å².